The Kier molecular flexibility index (Phi) is 4.97. The number of hydrogen-bond acceptors (Lipinski definition) is 5. The summed E-state index contributed by atoms with van der Waals surface area (Å²) in [5.41, 5.74) is 4.39. The molecule has 3 rings (SSSR count). The highest BCUT2D eigenvalue weighted by Gasteiger charge is 2.16. The maximum atomic E-state index is 9.40. The third kappa shape index (κ3) is 4.03. The zero-order chi connectivity index (χ0) is 16.9. The molecule has 0 N–H and O–H groups in total. The average Bonchev–Trinajstić information content (AvgIpc) is 3.05. The van der Waals surface area contributed by atoms with Gasteiger partial charge in [0.1, 0.15) is 5.25 Å². The maximum Gasteiger partial charge on any atom is 0.278 e. The minimum atomic E-state index is -0.265. The van der Waals surface area contributed by atoms with Crippen LogP contribution in [0.25, 0.3) is 11.5 Å². The van der Waals surface area contributed by atoms with Crippen molar-refractivity contribution in [1.29, 1.82) is 5.26 Å². The molecule has 0 spiro atoms. The number of rotatable bonds is 5. The first-order valence-electron chi connectivity index (χ1n) is 7.66. The van der Waals surface area contributed by atoms with E-state index in [4.69, 9.17) is 4.42 Å². The first-order valence-corrected chi connectivity index (χ1v) is 8.54. The molecular weight excluding hydrogens is 318 g/mol. The molecule has 120 valence electrons. The van der Waals surface area contributed by atoms with Crippen LogP contribution in [0.15, 0.2) is 58.2 Å². The first kappa shape index (κ1) is 16.3. The van der Waals surface area contributed by atoms with Crippen molar-refractivity contribution in [3.05, 3.63) is 65.2 Å². The van der Waals surface area contributed by atoms with E-state index in [1.54, 1.807) is 0 Å². The standard InChI is InChI=1S/C19H17N3OS/c1-13-3-7-15(8-4-13)11-17(12-20)24-19-22-21-18(23-19)16-9-5-14(2)6-10-16/h3-10,17H,11H2,1-2H3. The molecule has 0 saturated carbocycles. The van der Waals surface area contributed by atoms with Gasteiger partial charge in [0.05, 0.1) is 6.07 Å². The van der Waals surface area contributed by atoms with Gasteiger partial charge in [-0.1, -0.05) is 47.5 Å². The molecule has 0 bridgehead atoms. The monoisotopic (exact) mass is 335 g/mol. The summed E-state index contributed by atoms with van der Waals surface area (Å²) in [6.07, 6.45) is 0.643. The van der Waals surface area contributed by atoms with Crippen molar-refractivity contribution in [3.8, 4) is 17.5 Å². The molecule has 4 nitrogen and oxygen atoms in total. The van der Waals surface area contributed by atoms with Crippen LogP contribution in [0.1, 0.15) is 16.7 Å². The number of aromatic nitrogens is 2. The lowest BCUT2D eigenvalue weighted by Gasteiger charge is -2.06. The average molecular weight is 335 g/mol. The Bertz CT molecular complexity index is 848. The fourth-order valence-electron chi connectivity index (χ4n) is 2.24. The molecule has 0 radical (unpaired) electrons. The summed E-state index contributed by atoms with van der Waals surface area (Å²) in [6.45, 7) is 4.08. The van der Waals surface area contributed by atoms with E-state index in [0.29, 0.717) is 17.5 Å². The van der Waals surface area contributed by atoms with Crippen LogP contribution in [0.2, 0.25) is 0 Å². The first-order chi connectivity index (χ1) is 11.6. The summed E-state index contributed by atoms with van der Waals surface area (Å²) in [4.78, 5) is 0. The third-order valence-corrected chi connectivity index (χ3v) is 4.56. The van der Waals surface area contributed by atoms with Crippen molar-refractivity contribution >= 4 is 11.8 Å². The second kappa shape index (κ2) is 7.33. The van der Waals surface area contributed by atoms with Gasteiger partial charge in [-0.15, -0.1) is 10.2 Å². The molecular formula is C19H17N3OS. The maximum absolute atomic E-state index is 9.40. The molecule has 0 saturated heterocycles. The molecule has 0 aliphatic rings. The summed E-state index contributed by atoms with van der Waals surface area (Å²) in [5.74, 6) is 0.476. The number of nitriles is 1. The zero-order valence-corrected chi connectivity index (χ0v) is 14.4. The normalized spacial score (nSPS) is 11.9. The molecule has 1 unspecified atom stereocenters. The molecule has 0 aliphatic carbocycles. The zero-order valence-electron chi connectivity index (χ0n) is 13.6. The summed E-state index contributed by atoms with van der Waals surface area (Å²) in [7, 11) is 0. The molecule has 0 amide bonds. The van der Waals surface area contributed by atoms with E-state index in [0.717, 1.165) is 11.1 Å². The van der Waals surface area contributed by atoms with Gasteiger partial charge in [-0.25, -0.2) is 0 Å². The summed E-state index contributed by atoms with van der Waals surface area (Å²) >= 11 is 1.31. The van der Waals surface area contributed by atoms with Gasteiger partial charge in [0.15, 0.2) is 0 Å². The van der Waals surface area contributed by atoms with Gasteiger partial charge < -0.3 is 4.42 Å². The Hall–Kier alpha value is -2.58. The van der Waals surface area contributed by atoms with Gasteiger partial charge in [0.2, 0.25) is 5.89 Å². The largest absolute Gasteiger partial charge is 0.411 e. The summed E-state index contributed by atoms with van der Waals surface area (Å²) < 4.78 is 5.69. The van der Waals surface area contributed by atoms with E-state index in [1.807, 2.05) is 50.2 Å². The second-order valence-electron chi connectivity index (χ2n) is 5.66. The van der Waals surface area contributed by atoms with E-state index < -0.39 is 0 Å². The highest BCUT2D eigenvalue weighted by molar-refractivity contribution is 7.99. The van der Waals surface area contributed by atoms with Gasteiger partial charge in [-0.05, 0) is 49.7 Å². The van der Waals surface area contributed by atoms with Gasteiger partial charge in [-0.2, -0.15) is 5.26 Å². The van der Waals surface area contributed by atoms with Crippen molar-refractivity contribution in [3.63, 3.8) is 0 Å². The minimum Gasteiger partial charge on any atom is -0.411 e. The molecule has 24 heavy (non-hydrogen) atoms. The van der Waals surface area contributed by atoms with Crippen molar-refractivity contribution in [2.75, 3.05) is 0 Å². The van der Waals surface area contributed by atoms with Crippen molar-refractivity contribution in [2.45, 2.75) is 30.7 Å². The number of aryl methyl sites for hydroxylation is 2. The molecule has 1 aromatic heterocycles. The highest BCUT2D eigenvalue weighted by atomic mass is 32.2. The van der Waals surface area contributed by atoms with Gasteiger partial charge >= 0.3 is 0 Å². The lowest BCUT2D eigenvalue weighted by molar-refractivity contribution is 0.465. The van der Waals surface area contributed by atoms with Crippen LogP contribution in [0.5, 0.6) is 0 Å². The Labute approximate surface area is 145 Å². The molecule has 2 aromatic carbocycles. The summed E-state index contributed by atoms with van der Waals surface area (Å²) in [5, 5.41) is 17.7. The predicted octanol–water partition coefficient (Wildman–Crippen LogP) is 4.58. The molecule has 1 atom stereocenters. The quantitative estimate of drug-likeness (QED) is 0.639. The van der Waals surface area contributed by atoms with Crippen LogP contribution in [0.4, 0.5) is 0 Å². The van der Waals surface area contributed by atoms with Crippen molar-refractivity contribution in [1.82, 2.24) is 10.2 Å². The predicted molar refractivity (Wildman–Crippen MR) is 94.6 cm³/mol. The highest BCUT2D eigenvalue weighted by Crippen LogP contribution is 2.27. The van der Waals surface area contributed by atoms with E-state index in [1.165, 1.54) is 22.9 Å². The molecule has 0 fully saturated rings. The smallest absolute Gasteiger partial charge is 0.278 e. The SMILES string of the molecule is Cc1ccc(CC(C#N)Sc2nnc(-c3ccc(C)cc3)o2)cc1. The Balaban J connectivity index is 1.69. The van der Waals surface area contributed by atoms with Crippen LogP contribution in [0, 0.1) is 25.2 Å². The van der Waals surface area contributed by atoms with Gasteiger partial charge in [0, 0.05) is 5.56 Å². The van der Waals surface area contributed by atoms with E-state index in [-0.39, 0.29) is 5.25 Å². The molecule has 1 heterocycles. The van der Waals surface area contributed by atoms with Gasteiger partial charge in [0.25, 0.3) is 5.22 Å². The van der Waals surface area contributed by atoms with Crippen LogP contribution < -0.4 is 0 Å². The Morgan fingerprint density at radius 2 is 1.62 bits per heavy atom. The van der Waals surface area contributed by atoms with Crippen LogP contribution in [-0.2, 0) is 6.42 Å². The minimum absolute atomic E-state index is 0.265. The lowest BCUT2D eigenvalue weighted by Crippen LogP contribution is -2.03. The topological polar surface area (TPSA) is 62.7 Å². The molecule has 5 heteroatoms. The number of nitrogens with zero attached hydrogens (tertiary/aromatic N) is 3. The van der Waals surface area contributed by atoms with E-state index in [2.05, 4.69) is 28.4 Å². The van der Waals surface area contributed by atoms with Crippen molar-refractivity contribution < 1.29 is 4.42 Å². The fourth-order valence-corrected chi connectivity index (χ4v) is 3.03. The molecule has 3 aromatic rings. The Morgan fingerprint density at radius 3 is 2.25 bits per heavy atom. The number of benzene rings is 2. The fraction of sp³-hybridized carbons (Fsp3) is 0.211. The van der Waals surface area contributed by atoms with Crippen LogP contribution in [0.3, 0.4) is 0 Å². The van der Waals surface area contributed by atoms with E-state index in [9.17, 15) is 5.26 Å². The van der Waals surface area contributed by atoms with E-state index >= 15 is 0 Å². The summed E-state index contributed by atoms with van der Waals surface area (Å²) in [6, 6.07) is 18.4. The number of hydrogen-bond donors (Lipinski definition) is 0. The second-order valence-corrected chi connectivity index (χ2v) is 6.82. The third-order valence-electron chi connectivity index (χ3n) is 3.63. The Morgan fingerprint density at radius 1 is 1.00 bits per heavy atom. The number of thioether (sulfide) groups is 1. The van der Waals surface area contributed by atoms with Crippen LogP contribution in [-0.4, -0.2) is 15.4 Å². The van der Waals surface area contributed by atoms with Gasteiger partial charge in [-0.3, -0.25) is 0 Å². The van der Waals surface area contributed by atoms with Crippen molar-refractivity contribution in [2.24, 2.45) is 0 Å². The van der Waals surface area contributed by atoms with Crippen LogP contribution >= 0.6 is 11.8 Å². The molecule has 0 aliphatic heterocycles. The lowest BCUT2D eigenvalue weighted by atomic mass is 10.1.